The summed E-state index contributed by atoms with van der Waals surface area (Å²) in [4.78, 5) is 29.4. The predicted molar refractivity (Wildman–Crippen MR) is 88.6 cm³/mol. The number of nitrogens with one attached hydrogen (secondary N) is 1. The van der Waals surface area contributed by atoms with E-state index in [4.69, 9.17) is 4.74 Å². The van der Waals surface area contributed by atoms with E-state index in [0.717, 1.165) is 0 Å². The zero-order chi connectivity index (χ0) is 17.7. The molecule has 7 nitrogen and oxygen atoms in total. The molecule has 1 aromatic rings. The number of piperidine rings is 1. The van der Waals surface area contributed by atoms with Gasteiger partial charge in [-0.05, 0) is 45.2 Å². The number of likely N-dealkylation sites (tertiary alicyclic amines) is 1. The lowest BCUT2D eigenvalue weighted by Gasteiger charge is -2.36. The molecular weight excluding hydrogens is 310 g/mol. The van der Waals surface area contributed by atoms with Crippen molar-refractivity contribution in [1.29, 1.82) is 0 Å². The molecule has 0 bridgehead atoms. The molecule has 0 aromatic carbocycles. The summed E-state index contributed by atoms with van der Waals surface area (Å²) in [5, 5.41) is 12.4. The van der Waals surface area contributed by atoms with Crippen LogP contribution in [0.5, 0.6) is 0 Å². The number of alkyl carbamates (subject to hydrolysis) is 1. The van der Waals surface area contributed by atoms with Gasteiger partial charge in [0.05, 0.1) is 0 Å². The van der Waals surface area contributed by atoms with Gasteiger partial charge in [-0.15, -0.1) is 0 Å². The fourth-order valence-electron chi connectivity index (χ4n) is 2.82. The molecule has 132 valence electrons. The highest BCUT2D eigenvalue weighted by molar-refractivity contribution is 5.75. The van der Waals surface area contributed by atoms with Gasteiger partial charge < -0.3 is 15.2 Å². The summed E-state index contributed by atoms with van der Waals surface area (Å²) in [7, 11) is 0. The van der Waals surface area contributed by atoms with Gasteiger partial charge in [0.1, 0.15) is 11.6 Å². The smallest absolute Gasteiger partial charge is 0.407 e. The fourth-order valence-corrected chi connectivity index (χ4v) is 2.82. The molecule has 1 saturated heterocycles. The molecule has 2 rings (SSSR count). The lowest BCUT2D eigenvalue weighted by Crippen LogP contribution is -2.48. The number of amides is 1. The number of carboxylic acids is 1. The van der Waals surface area contributed by atoms with Crippen molar-refractivity contribution in [3.8, 4) is 0 Å². The van der Waals surface area contributed by atoms with Crippen LogP contribution in [0.1, 0.15) is 45.2 Å². The SMILES string of the molecule is CC(C)(C)OC(=O)NC1CCN(C(C(=O)O)c2cccnc2)CC1. The van der Waals surface area contributed by atoms with Crippen LogP contribution in [0.15, 0.2) is 24.5 Å². The maximum absolute atomic E-state index is 11.8. The third-order valence-corrected chi connectivity index (χ3v) is 3.85. The Morgan fingerprint density at radius 2 is 2.04 bits per heavy atom. The average Bonchev–Trinajstić information content (AvgIpc) is 2.48. The quantitative estimate of drug-likeness (QED) is 0.876. The fraction of sp³-hybridized carbons (Fsp3) is 0.588. The van der Waals surface area contributed by atoms with Crippen molar-refractivity contribution in [1.82, 2.24) is 15.2 Å². The van der Waals surface area contributed by atoms with Crippen LogP contribution in [0.4, 0.5) is 4.79 Å². The second-order valence-electron chi connectivity index (χ2n) is 6.98. The Morgan fingerprint density at radius 1 is 1.38 bits per heavy atom. The van der Waals surface area contributed by atoms with E-state index in [2.05, 4.69) is 10.3 Å². The Hall–Kier alpha value is -2.15. The van der Waals surface area contributed by atoms with Crippen molar-refractivity contribution in [2.24, 2.45) is 0 Å². The first kappa shape index (κ1) is 18.2. The highest BCUT2D eigenvalue weighted by Gasteiger charge is 2.32. The maximum Gasteiger partial charge on any atom is 0.407 e. The molecule has 7 heteroatoms. The van der Waals surface area contributed by atoms with E-state index in [1.807, 2.05) is 25.7 Å². The molecule has 0 saturated carbocycles. The number of pyridine rings is 1. The van der Waals surface area contributed by atoms with Crippen LogP contribution in [0.3, 0.4) is 0 Å². The van der Waals surface area contributed by atoms with Crippen molar-refractivity contribution in [2.45, 2.75) is 51.3 Å². The van der Waals surface area contributed by atoms with E-state index in [-0.39, 0.29) is 6.04 Å². The molecule has 2 heterocycles. The molecule has 0 spiro atoms. The number of rotatable bonds is 4. The van der Waals surface area contributed by atoms with Crippen LogP contribution < -0.4 is 5.32 Å². The molecule has 24 heavy (non-hydrogen) atoms. The highest BCUT2D eigenvalue weighted by Crippen LogP contribution is 2.24. The molecule has 1 amide bonds. The highest BCUT2D eigenvalue weighted by atomic mass is 16.6. The van der Waals surface area contributed by atoms with E-state index in [0.29, 0.717) is 31.5 Å². The third kappa shape index (κ3) is 5.19. The predicted octanol–water partition coefficient (Wildman–Crippen LogP) is 2.20. The second-order valence-corrected chi connectivity index (χ2v) is 6.98. The number of nitrogens with zero attached hydrogens (tertiary/aromatic N) is 2. The van der Waals surface area contributed by atoms with E-state index < -0.39 is 23.7 Å². The minimum absolute atomic E-state index is 0.000516. The van der Waals surface area contributed by atoms with Gasteiger partial charge in [0.25, 0.3) is 0 Å². The summed E-state index contributed by atoms with van der Waals surface area (Å²) in [5.41, 5.74) is 0.142. The number of hydrogen-bond donors (Lipinski definition) is 2. The first-order chi connectivity index (χ1) is 11.3. The Balaban J connectivity index is 1.91. The Kier molecular flexibility index (Phi) is 5.77. The monoisotopic (exact) mass is 335 g/mol. The number of aliphatic carboxylic acids is 1. The standard InChI is InChI=1S/C17H25N3O4/c1-17(2,3)24-16(23)19-13-6-9-20(10-7-13)14(15(21)22)12-5-4-8-18-11-12/h4-5,8,11,13-14H,6-7,9-10H2,1-3H3,(H,19,23)(H,21,22). The largest absolute Gasteiger partial charge is 0.480 e. The van der Waals surface area contributed by atoms with Crippen LogP contribution in [0, 0.1) is 0 Å². The van der Waals surface area contributed by atoms with Crippen molar-refractivity contribution in [3.63, 3.8) is 0 Å². The Bertz CT molecular complexity index is 563. The summed E-state index contributed by atoms with van der Waals surface area (Å²) >= 11 is 0. The molecule has 0 aliphatic carbocycles. The number of carbonyl (C=O) groups is 2. The van der Waals surface area contributed by atoms with Gasteiger partial charge in [-0.3, -0.25) is 14.7 Å². The number of hydrogen-bond acceptors (Lipinski definition) is 5. The normalized spacial score (nSPS) is 18.0. The van der Waals surface area contributed by atoms with Crippen LogP contribution in [-0.4, -0.2) is 51.8 Å². The molecule has 2 N–H and O–H groups in total. The number of aromatic nitrogens is 1. The molecular formula is C17H25N3O4. The Labute approximate surface area is 142 Å². The zero-order valence-electron chi connectivity index (χ0n) is 14.4. The average molecular weight is 335 g/mol. The van der Waals surface area contributed by atoms with E-state index >= 15 is 0 Å². The van der Waals surface area contributed by atoms with E-state index in [9.17, 15) is 14.7 Å². The number of carboxylic acid groups (broad SMARTS) is 1. The van der Waals surface area contributed by atoms with Crippen molar-refractivity contribution < 1.29 is 19.4 Å². The Morgan fingerprint density at radius 3 is 2.54 bits per heavy atom. The van der Waals surface area contributed by atoms with Crippen LogP contribution in [0.2, 0.25) is 0 Å². The van der Waals surface area contributed by atoms with Gasteiger partial charge >= 0.3 is 12.1 Å². The van der Waals surface area contributed by atoms with Crippen LogP contribution in [-0.2, 0) is 9.53 Å². The second kappa shape index (κ2) is 7.61. The minimum atomic E-state index is -0.887. The van der Waals surface area contributed by atoms with Gasteiger partial charge in [-0.25, -0.2) is 4.79 Å². The van der Waals surface area contributed by atoms with Crippen molar-refractivity contribution in [2.75, 3.05) is 13.1 Å². The lowest BCUT2D eigenvalue weighted by atomic mass is 10.0. The molecule has 1 fully saturated rings. The van der Waals surface area contributed by atoms with Crippen molar-refractivity contribution in [3.05, 3.63) is 30.1 Å². The summed E-state index contributed by atoms with van der Waals surface area (Å²) in [6.07, 6.45) is 4.15. The summed E-state index contributed by atoms with van der Waals surface area (Å²) in [6, 6.07) is 2.81. The number of ether oxygens (including phenoxy) is 1. The van der Waals surface area contributed by atoms with Gasteiger partial charge in [0.2, 0.25) is 0 Å². The van der Waals surface area contributed by atoms with Crippen LogP contribution in [0.25, 0.3) is 0 Å². The van der Waals surface area contributed by atoms with Crippen molar-refractivity contribution >= 4 is 12.1 Å². The van der Waals surface area contributed by atoms with Gasteiger partial charge in [-0.1, -0.05) is 6.07 Å². The zero-order valence-corrected chi connectivity index (χ0v) is 14.4. The summed E-state index contributed by atoms with van der Waals surface area (Å²) in [5.74, 6) is -0.887. The van der Waals surface area contributed by atoms with E-state index in [1.165, 1.54) is 0 Å². The minimum Gasteiger partial charge on any atom is -0.480 e. The molecule has 1 aliphatic rings. The molecule has 1 unspecified atom stereocenters. The van der Waals surface area contributed by atoms with E-state index in [1.54, 1.807) is 24.5 Å². The summed E-state index contributed by atoms with van der Waals surface area (Å²) < 4.78 is 5.26. The summed E-state index contributed by atoms with van der Waals surface area (Å²) in [6.45, 7) is 6.64. The third-order valence-electron chi connectivity index (χ3n) is 3.85. The molecule has 1 atom stereocenters. The topological polar surface area (TPSA) is 91.8 Å². The first-order valence-electron chi connectivity index (χ1n) is 8.12. The first-order valence-corrected chi connectivity index (χ1v) is 8.12. The van der Waals surface area contributed by atoms with Gasteiger partial charge in [-0.2, -0.15) is 0 Å². The number of carbonyl (C=O) groups excluding carboxylic acids is 1. The van der Waals surface area contributed by atoms with Crippen LogP contribution >= 0.6 is 0 Å². The molecule has 1 aliphatic heterocycles. The van der Waals surface area contributed by atoms with Gasteiger partial charge in [0.15, 0.2) is 0 Å². The molecule has 1 aromatic heterocycles. The molecule has 0 radical (unpaired) electrons. The lowest BCUT2D eigenvalue weighted by molar-refractivity contribution is -0.144. The maximum atomic E-state index is 11.8. The van der Waals surface area contributed by atoms with Gasteiger partial charge in [0, 0.05) is 31.5 Å².